The van der Waals surface area contributed by atoms with Crippen LogP contribution in [0, 0.1) is 5.92 Å². The number of fused-ring (bicyclic) bond motifs is 3. The van der Waals surface area contributed by atoms with Gasteiger partial charge in [-0.15, -0.1) is 12.4 Å². The van der Waals surface area contributed by atoms with Crippen LogP contribution in [-0.4, -0.2) is 16.9 Å². The fourth-order valence-electron chi connectivity index (χ4n) is 2.71. The minimum atomic E-state index is -0.210. The van der Waals surface area contributed by atoms with Crippen LogP contribution in [0.4, 0.5) is 0 Å². The Morgan fingerprint density at radius 3 is 2.31 bits per heavy atom. The van der Waals surface area contributed by atoms with Gasteiger partial charge in [0.15, 0.2) is 5.78 Å². The fraction of sp³-hybridized carbons (Fsp3) is 0.900. The van der Waals surface area contributed by atoms with Gasteiger partial charge in [-0.25, -0.2) is 0 Å². The van der Waals surface area contributed by atoms with Crippen molar-refractivity contribution in [3.63, 3.8) is 0 Å². The van der Waals surface area contributed by atoms with Crippen molar-refractivity contribution < 1.29 is 4.79 Å². The molecule has 2 heterocycles. The highest BCUT2D eigenvalue weighted by Gasteiger charge is 2.51. The van der Waals surface area contributed by atoms with Gasteiger partial charge < -0.3 is 0 Å². The molecular weight excluding hydrogens is 186 g/mol. The van der Waals surface area contributed by atoms with Crippen LogP contribution < -0.4 is 5.32 Å². The third kappa shape index (κ3) is 1.50. The summed E-state index contributed by atoms with van der Waals surface area (Å²) in [4.78, 5) is 11.6. The molecule has 3 heteroatoms. The molecule has 0 aromatic heterocycles. The van der Waals surface area contributed by atoms with Crippen LogP contribution in [0.2, 0.25) is 0 Å². The van der Waals surface area contributed by atoms with Gasteiger partial charge in [-0.05, 0) is 39.5 Å². The second-order valence-electron chi connectivity index (χ2n) is 5.04. The van der Waals surface area contributed by atoms with Gasteiger partial charge in [0, 0.05) is 12.0 Å². The molecule has 2 aliphatic heterocycles. The number of halogens is 1. The molecule has 3 aliphatic rings. The van der Waals surface area contributed by atoms with Crippen molar-refractivity contribution in [2.45, 2.75) is 51.1 Å². The van der Waals surface area contributed by atoms with E-state index in [1.807, 2.05) is 6.92 Å². The highest BCUT2D eigenvalue weighted by Crippen LogP contribution is 2.42. The van der Waals surface area contributed by atoms with E-state index in [1.54, 1.807) is 0 Å². The van der Waals surface area contributed by atoms with Gasteiger partial charge in [-0.1, -0.05) is 0 Å². The SMILES string of the molecule is CC12CCC(CC1=O)C(C)(C)N2.Cl. The number of rotatable bonds is 0. The van der Waals surface area contributed by atoms with E-state index >= 15 is 0 Å². The van der Waals surface area contributed by atoms with Crippen LogP contribution in [-0.2, 0) is 4.79 Å². The lowest BCUT2D eigenvalue weighted by molar-refractivity contribution is -0.136. The van der Waals surface area contributed by atoms with Gasteiger partial charge in [0.05, 0.1) is 5.54 Å². The number of Topliss-reactive ketones (excluding diaryl/α,β-unsaturated/α-hetero) is 1. The van der Waals surface area contributed by atoms with Crippen molar-refractivity contribution in [1.82, 2.24) is 5.32 Å². The van der Waals surface area contributed by atoms with Gasteiger partial charge in [-0.2, -0.15) is 0 Å². The lowest BCUT2D eigenvalue weighted by Gasteiger charge is -2.53. The monoisotopic (exact) mass is 203 g/mol. The van der Waals surface area contributed by atoms with Crippen LogP contribution in [0.25, 0.3) is 0 Å². The van der Waals surface area contributed by atoms with Crippen LogP contribution in [0.5, 0.6) is 0 Å². The standard InChI is InChI=1S/C10H17NO.ClH/c1-9(2)7-4-5-10(3,11-9)8(12)6-7;/h7,11H,4-6H2,1-3H3;1H. The van der Waals surface area contributed by atoms with Crippen LogP contribution in [0.1, 0.15) is 40.0 Å². The lowest BCUT2D eigenvalue weighted by atomic mass is 9.64. The van der Waals surface area contributed by atoms with E-state index in [0.29, 0.717) is 11.7 Å². The van der Waals surface area contributed by atoms with E-state index in [1.165, 1.54) is 6.42 Å². The molecule has 1 N–H and O–H groups in total. The zero-order valence-electron chi connectivity index (χ0n) is 8.52. The molecule has 0 radical (unpaired) electrons. The first-order valence-corrected chi connectivity index (χ1v) is 4.77. The first kappa shape index (κ1) is 11.0. The topological polar surface area (TPSA) is 29.1 Å². The summed E-state index contributed by atoms with van der Waals surface area (Å²) in [6.07, 6.45) is 3.03. The largest absolute Gasteiger partial charge is 0.300 e. The summed E-state index contributed by atoms with van der Waals surface area (Å²) in [5.74, 6) is 0.977. The minimum Gasteiger partial charge on any atom is -0.300 e. The maximum Gasteiger partial charge on any atom is 0.152 e. The molecule has 0 spiro atoms. The summed E-state index contributed by atoms with van der Waals surface area (Å²) in [5.41, 5.74) is -0.0425. The predicted molar refractivity (Wildman–Crippen MR) is 55.2 cm³/mol. The molecule has 2 unspecified atom stereocenters. The Kier molecular flexibility index (Phi) is 2.50. The number of ketones is 1. The molecule has 2 atom stereocenters. The zero-order chi connectivity index (χ0) is 8.98. The molecule has 0 amide bonds. The van der Waals surface area contributed by atoms with Crippen LogP contribution >= 0.6 is 12.4 Å². The summed E-state index contributed by atoms with van der Waals surface area (Å²) in [7, 11) is 0. The molecule has 13 heavy (non-hydrogen) atoms. The van der Waals surface area contributed by atoms with Crippen molar-refractivity contribution in [1.29, 1.82) is 0 Å². The molecule has 1 aliphatic carbocycles. The zero-order valence-corrected chi connectivity index (χ0v) is 9.33. The van der Waals surface area contributed by atoms with E-state index in [0.717, 1.165) is 12.8 Å². The second kappa shape index (κ2) is 2.96. The highest BCUT2D eigenvalue weighted by molar-refractivity contribution is 5.90. The van der Waals surface area contributed by atoms with Gasteiger partial charge in [-0.3, -0.25) is 10.1 Å². The Morgan fingerprint density at radius 2 is 2.00 bits per heavy atom. The van der Waals surface area contributed by atoms with Crippen LogP contribution in [0.3, 0.4) is 0 Å². The number of hydrogen-bond donors (Lipinski definition) is 1. The molecule has 3 fully saturated rings. The Labute approximate surface area is 85.9 Å². The third-order valence-electron chi connectivity index (χ3n) is 3.66. The normalized spacial score (nSPS) is 41.5. The quantitative estimate of drug-likeness (QED) is 0.652. The second-order valence-corrected chi connectivity index (χ2v) is 5.04. The summed E-state index contributed by atoms with van der Waals surface area (Å²) < 4.78 is 0. The number of hydrogen-bond acceptors (Lipinski definition) is 2. The van der Waals surface area contributed by atoms with E-state index in [-0.39, 0.29) is 23.5 Å². The molecule has 2 saturated heterocycles. The van der Waals surface area contributed by atoms with Gasteiger partial charge >= 0.3 is 0 Å². The van der Waals surface area contributed by atoms with Crippen molar-refractivity contribution in [3.8, 4) is 0 Å². The Hall–Kier alpha value is -0.0800. The fourth-order valence-corrected chi connectivity index (χ4v) is 2.71. The number of carbonyl (C=O) groups excluding carboxylic acids is 1. The maximum absolute atomic E-state index is 11.6. The molecule has 0 aromatic carbocycles. The van der Waals surface area contributed by atoms with Gasteiger partial charge in [0.2, 0.25) is 0 Å². The number of nitrogens with one attached hydrogen (secondary N) is 1. The summed E-state index contributed by atoms with van der Waals surface area (Å²) in [6.45, 7) is 6.47. The van der Waals surface area contributed by atoms with Crippen LogP contribution in [0.15, 0.2) is 0 Å². The molecular formula is C10H18ClNO. The summed E-state index contributed by atoms with van der Waals surface area (Å²) in [6, 6.07) is 0. The molecule has 3 rings (SSSR count). The van der Waals surface area contributed by atoms with Gasteiger partial charge in [0.1, 0.15) is 0 Å². The maximum atomic E-state index is 11.6. The van der Waals surface area contributed by atoms with E-state index < -0.39 is 0 Å². The number of carbonyl (C=O) groups is 1. The molecule has 76 valence electrons. The Balaban J connectivity index is 0.000000845. The average Bonchev–Trinajstić information content (AvgIpc) is 1.91. The average molecular weight is 204 g/mol. The van der Waals surface area contributed by atoms with E-state index in [4.69, 9.17) is 0 Å². The minimum absolute atomic E-state index is 0. The molecule has 1 saturated carbocycles. The number of piperidine rings is 2. The van der Waals surface area contributed by atoms with E-state index in [2.05, 4.69) is 19.2 Å². The van der Waals surface area contributed by atoms with Crippen molar-refractivity contribution in [2.24, 2.45) is 5.92 Å². The summed E-state index contributed by atoms with van der Waals surface area (Å²) in [5, 5.41) is 3.47. The highest BCUT2D eigenvalue weighted by atomic mass is 35.5. The first-order valence-electron chi connectivity index (χ1n) is 4.77. The smallest absolute Gasteiger partial charge is 0.152 e. The molecule has 0 aromatic rings. The first-order chi connectivity index (χ1) is 5.44. The summed E-state index contributed by atoms with van der Waals surface area (Å²) >= 11 is 0. The third-order valence-corrected chi connectivity index (χ3v) is 3.66. The molecule has 2 nitrogen and oxygen atoms in total. The Morgan fingerprint density at radius 1 is 1.38 bits per heavy atom. The predicted octanol–water partition coefficient (Wildman–Crippen LogP) is 1.92. The molecule has 2 bridgehead atoms. The van der Waals surface area contributed by atoms with Crippen molar-refractivity contribution in [3.05, 3.63) is 0 Å². The van der Waals surface area contributed by atoms with Crippen molar-refractivity contribution >= 4 is 18.2 Å². The lowest BCUT2D eigenvalue weighted by Crippen LogP contribution is -2.69. The van der Waals surface area contributed by atoms with Gasteiger partial charge in [0.25, 0.3) is 0 Å². The Bertz CT molecular complexity index is 239. The van der Waals surface area contributed by atoms with Crippen molar-refractivity contribution in [2.75, 3.05) is 0 Å². The van der Waals surface area contributed by atoms with E-state index in [9.17, 15) is 4.79 Å².